The van der Waals surface area contributed by atoms with E-state index >= 15 is 0 Å². The molecular formula is C15H20ClNO3S. The van der Waals surface area contributed by atoms with Gasteiger partial charge in [-0.15, -0.1) is 0 Å². The fraction of sp³-hybridized carbons (Fsp3) is 0.533. The standard InChI is InChI=1S/C15H20ClNO3S/c1-4-11-5-6-13(21(16,19)20)8-14(11)15(18)17(3)9-12-7-10(12)2/h5-6,8,10,12H,4,7,9H2,1-3H3. The third-order valence-corrected chi connectivity index (χ3v) is 5.46. The summed E-state index contributed by atoms with van der Waals surface area (Å²) in [4.78, 5) is 14.2. The van der Waals surface area contributed by atoms with Crippen molar-refractivity contribution in [2.24, 2.45) is 11.8 Å². The van der Waals surface area contributed by atoms with Crippen molar-refractivity contribution in [2.75, 3.05) is 13.6 Å². The number of aryl methyl sites for hydroxylation is 1. The molecule has 0 aromatic heterocycles. The molecule has 0 heterocycles. The number of rotatable bonds is 5. The second-order valence-corrected chi connectivity index (χ2v) is 8.34. The molecule has 1 fully saturated rings. The Morgan fingerprint density at radius 1 is 1.43 bits per heavy atom. The van der Waals surface area contributed by atoms with Crippen LogP contribution in [0.1, 0.15) is 36.2 Å². The smallest absolute Gasteiger partial charge is 0.261 e. The van der Waals surface area contributed by atoms with Crippen LogP contribution in [0.25, 0.3) is 0 Å². The summed E-state index contributed by atoms with van der Waals surface area (Å²) in [5, 5.41) is 0. The van der Waals surface area contributed by atoms with Gasteiger partial charge in [0.05, 0.1) is 4.90 Å². The molecule has 1 aliphatic rings. The summed E-state index contributed by atoms with van der Waals surface area (Å²) in [6, 6.07) is 4.49. The largest absolute Gasteiger partial charge is 0.341 e. The van der Waals surface area contributed by atoms with E-state index in [-0.39, 0.29) is 10.8 Å². The molecule has 1 aliphatic carbocycles. The van der Waals surface area contributed by atoms with Crippen molar-refractivity contribution in [3.63, 3.8) is 0 Å². The number of benzene rings is 1. The molecule has 6 heteroatoms. The molecule has 2 atom stereocenters. The van der Waals surface area contributed by atoms with Gasteiger partial charge in [-0.05, 0) is 42.4 Å². The van der Waals surface area contributed by atoms with Crippen LogP contribution in [0.3, 0.4) is 0 Å². The van der Waals surface area contributed by atoms with Gasteiger partial charge in [0.25, 0.3) is 15.0 Å². The second kappa shape index (κ2) is 5.97. The minimum atomic E-state index is -3.83. The number of amides is 1. The summed E-state index contributed by atoms with van der Waals surface area (Å²) in [5.41, 5.74) is 1.26. The van der Waals surface area contributed by atoms with E-state index in [1.54, 1.807) is 18.0 Å². The normalized spacial score (nSPS) is 21.1. The monoisotopic (exact) mass is 329 g/mol. The molecule has 0 spiro atoms. The summed E-state index contributed by atoms with van der Waals surface area (Å²) in [6.07, 6.45) is 1.81. The van der Waals surface area contributed by atoms with Crippen molar-refractivity contribution < 1.29 is 13.2 Å². The molecule has 0 radical (unpaired) electrons. The van der Waals surface area contributed by atoms with E-state index in [4.69, 9.17) is 10.7 Å². The molecule has 21 heavy (non-hydrogen) atoms. The minimum Gasteiger partial charge on any atom is -0.341 e. The fourth-order valence-electron chi connectivity index (χ4n) is 2.51. The Labute approximate surface area is 130 Å². The Hall–Kier alpha value is -1.07. The Balaban J connectivity index is 2.29. The van der Waals surface area contributed by atoms with Crippen molar-refractivity contribution in [3.8, 4) is 0 Å². The third kappa shape index (κ3) is 3.77. The van der Waals surface area contributed by atoms with Gasteiger partial charge in [0, 0.05) is 29.8 Å². The Morgan fingerprint density at radius 2 is 2.05 bits per heavy atom. The maximum Gasteiger partial charge on any atom is 0.261 e. The van der Waals surface area contributed by atoms with Crippen molar-refractivity contribution >= 4 is 25.6 Å². The van der Waals surface area contributed by atoms with Crippen LogP contribution in [0.2, 0.25) is 0 Å². The summed E-state index contributed by atoms with van der Waals surface area (Å²) >= 11 is 0. The van der Waals surface area contributed by atoms with Gasteiger partial charge in [0.15, 0.2) is 0 Å². The Kier molecular flexibility index (Phi) is 4.63. The van der Waals surface area contributed by atoms with Gasteiger partial charge in [-0.2, -0.15) is 0 Å². The predicted octanol–water partition coefficient (Wildman–Crippen LogP) is 2.90. The van der Waals surface area contributed by atoms with Gasteiger partial charge in [-0.3, -0.25) is 4.79 Å². The molecule has 1 aromatic rings. The van der Waals surface area contributed by atoms with E-state index in [9.17, 15) is 13.2 Å². The van der Waals surface area contributed by atoms with E-state index in [1.807, 2.05) is 6.92 Å². The molecule has 1 aromatic carbocycles. The zero-order valence-corrected chi connectivity index (χ0v) is 14.0. The molecule has 1 saturated carbocycles. The highest BCUT2D eigenvalue weighted by atomic mass is 35.7. The van der Waals surface area contributed by atoms with Gasteiger partial charge in [-0.1, -0.05) is 19.9 Å². The minimum absolute atomic E-state index is 0.0297. The van der Waals surface area contributed by atoms with Crippen LogP contribution in [0.5, 0.6) is 0 Å². The quantitative estimate of drug-likeness (QED) is 0.780. The van der Waals surface area contributed by atoms with Crippen LogP contribution in [0.4, 0.5) is 0 Å². The molecule has 0 bridgehead atoms. The molecule has 2 rings (SSSR count). The van der Waals surface area contributed by atoms with Gasteiger partial charge < -0.3 is 4.90 Å². The van der Waals surface area contributed by atoms with Crippen LogP contribution in [0, 0.1) is 11.8 Å². The molecular weight excluding hydrogens is 310 g/mol. The van der Waals surface area contributed by atoms with E-state index in [1.165, 1.54) is 12.1 Å². The first kappa shape index (κ1) is 16.3. The summed E-state index contributed by atoms with van der Waals surface area (Å²) < 4.78 is 22.9. The molecule has 2 unspecified atom stereocenters. The van der Waals surface area contributed by atoms with E-state index in [2.05, 4.69) is 6.92 Å². The molecule has 4 nitrogen and oxygen atoms in total. The topological polar surface area (TPSA) is 54.5 Å². The highest BCUT2D eigenvalue weighted by Gasteiger charge is 2.34. The van der Waals surface area contributed by atoms with Crippen LogP contribution in [-0.2, 0) is 15.5 Å². The van der Waals surface area contributed by atoms with Gasteiger partial charge in [0.2, 0.25) is 0 Å². The lowest BCUT2D eigenvalue weighted by Gasteiger charge is -2.19. The highest BCUT2D eigenvalue weighted by Crippen LogP contribution is 2.38. The van der Waals surface area contributed by atoms with Crippen molar-refractivity contribution in [3.05, 3.63) is 29.3 Å². The van der Waals surface area contributed by atoms with Gasteiger partial charge >= 0.3 is 0 Å². The van der Waals surface area contributed by atoms with Crippen LogP contribution >= 0.6 is 10.7 Å². The Morgan fingerprint density at radius 3 is 2.52 bits per heavy atom. The maximum atomic E-state index is 12.6. The van der Waals surface area contributed by atoms with Crippen LogP contribution in [-0.4, -0.2) is 32.8 Å². The molecule has 0 saturated heterocycles. The molecule has 116 valence electrons. The van der Waals surface area contributed by atoms with Crippen molar-refractivity contribution in [2.45, 2.75) is 31.6 Å². The maximum absolute atomic E-state index is 12.6. The fourth-order valence-corrected chi connectivity index (χ4v) is 3.29. The van der Waals surface area contributed by atoms with Crippen molar-refractivity contribution in [1.29, 1.82) is 0 Å². The van der Waals surface area contributed by atoms with E-state index in [0.29, 0.717) is 30.4 Å². The van der Waals surface area contributed by atoms with Gasteiger partial charge in [0.1, 0.15) is 0 Å². The van der Waals surface area contributed by atoms with E-state index in [0.717, 1.165) is 12.0 Å². The summed E-state index contributed by atoms with van der Waals surface area (Å²) in [5.74, 6) is 1.08. The summed E-state index contributed by atoms with van der Waals surface area (Å²) in [7, 11) is 3.30. The number of carbonyl (C=O) groups is 1. The van der Waals surface area contributed by atoms with Crippen LogP contribution < -0.4 is 0 Å². The van der Waals surface area contributed by atoms with Crippen molar-refractivity contribution in [1.82, 2.24) is 4.90 Å². The predicted molar refractivity (Wildman–Crippen MR) is 83.1 cm³/mol. The van der Waals surface area contributed by atoms with Crippen LogP contribution in [0.15, 0.2) is 23.1 Å². The zero-order valence-electron chi connectivity index (χ0n) is 12.5. The number of halogens is 1. The molecule has 1 amide bonds. The lowest BCUT2D eigenvalue weighted by atomic mass is 10.0. The lowest BCUT2D eigenvalue weighted by Crippen LogP contribution is -2.30. The van der Waals surface area contributed by atoms with E-state index < -0.39 is 9.05 Å². The number of carbonyl (C=O) groups excluding carboxylic acids is 1. The first-order valence-corrected chi connectivity index (χ1v) is 9.38. The molecule has 0 aliphatic heterocycles. The number of hydrogen-bond acceptors (Lipinski definition) is 3. The highest BCUT2D eigenvalue weighted by molar-refractivity contribution is 8.13. The number of hydrogen-bond donors (Lipinski definition) is 0. The van der Waals surface area contributed by atoms with Gasteiger partial charge in [-0.25, -0.2) is 8.42 Å². The average Bonchev–Trinajstić information content (AvgIpc) is 3.11. The summed E-state index contributed by atoms with van der Waals surface area (Å²) in [6.45, 7) is 4.81. The SMILES string of the molecule is CCc1ccc(S(=O)(=O)Cl)cc1C(=O)N(C)CC1CC1C. The first-order valence-electron chi connectivity index (χ1n) is 7.07. The second-order valence-electron chi connectivity index (χ2n) is 5.77. The Bertz CT molecular complexity index is 657. The average molecular weight is 330 g/mol. The first-order chi connectivity index (χ1) is 9.74. The lowest BCUT2D eigenvalue weighted by molar-refractivity contribution is 0.0785. The molecule has 0 N–H and O–H groups in total. The zero-order chi connectivity index (χ0) is 15.8. The third-order valence-electron chi connectivity index (χ3n) is 4.11. The number of nitrogens with zero attached hydrogens (tertiary/aromatic N) is 1.